The summed E-state index contributed by atoms with van der Waals surface area (Å²) >= 11 is 0. The van der Waals surface area contributed by atoms with E-state index in [0.717, 1.165) is 25.7 Å². The molecular weight excluding hydrogens is 416 g/mol. The molecule has 0 amide bonds. The van der Waals surface area contributed by atoms with Crippen LogP contribution in [0.15, 0.2) is 11.5 Å². The lowest BCUT2D eigenvalue weighted by Crippen LogP contribution is -2.45. The van der Waals surface area contributed by atoms with Gasteiger partial charge in [-0.25, -0.2) is 0 Å². The number of aliphatic hydroxyl groups is 1. The molecule has 1 saturated heterocycles. The van der Waals surface area contributed by atoms with E-state index in [1.165, 1.54) is 69.8 Å². The summed E-state index contributed by atoms with van der Waals surface area (Å²) in [6.07, 6.45) is 15.8. The van der Waals surface area contributed by atoms with Gasteiger partial charge in [0.1, 0.15) is 0 Å². The monoisotopic (exact) mass is 468 g/mol. The van der Waals surface area contributed by atoms with Gasteiger partial charge in [-0.05, 0) is 50.2 Å². The van der Waals surface area contributed by atoms with Crippen LogP contribution in [0, 0.1) is 0 Å². The zero-order valence-corrected chi connectivity index (χ0v) is 23.0. The molecule has 0 radical (unpaired) electrons. The molecule has 0 aromatic carbocycles. The van der Waals surface area contributed by atoms with Crippen molar-refractivity contribution in [1.82, 2.24) is 0 Å². The van der Waals surface area contributed by atoms with Gasteiger partial charge in [0.2, 0.25) is 0 Å². The Kier molecular flexibility index (Phi) is 11.6. The Morgan fingerprint density at radius 3 is 2.12 bits per heavy atom. The van der Waals surface area contributed by atoms with Crippen LogP contribution in [-0.2, 0) is 13.9 Å². The highest BCUT2D eigenvalue weighted by Crippen LogP contribution is 2.39. The molecule has 188 valence electrons. The average Bonchev–Trinajstić information content (AvgIpc) is 3.18. The van der Waals surface area contributed by atoms with E-state index in [1.54, 1.807) is 0 Å². The fraction of sp³-hybridized carbons (Fsp3) is 0.926. The molecule has 32 heavy (non-hydrogen) atoms. The summed E-state index contributed by atoms with van der Waals surface area (Å²) in [5, 5.41) is 11.2. The molecule has 1 aliphatic carbocycles. The molecule has 2 aliphatic rings. The van der Waals surface area contributed by atoms with E-state index in [9.17, 15) is 5.11 Å². The van der Waals surface area contributed by atoms with Gasteiger partial charge < -0.3 is 19.0 Å². The van der Waals surface area contributed by atoms with Crippen molar-refractivity contribution in [1.29, 1.82) is 0 Å². The molecular formula is C27H52O4Si. The molecule has 0 unspecified atom stereocenters. The summed E-state index contributed by atoms with van der Waals surface area (Å²) in [6, 6.07) is 0. The van der Waals surface area contributed by atoms with E-state index in [0.29, 0.717) is 12.6 Å². The topological polar surface area (TPSA) is 47.9 Å². The second-order valence-corrected chi connectivity index (χ2v) is 16.4. The minimum absolute atomic E-state index is 0.155. The minimum atomic E-state index is -1.88. The smallest absolute Gasteiger partial charge is 0.279 e. The van der Waals surface area contributed by atoms with E-state index >= 15 is 0 Å². The van der Waals surface area contributed by atoms with Gasteiger partial charge in [0, 0.05) is 5.57 Å². The Hall–Kier alpha value is -0.523. The van der Waals surface area contributed by atoms with Gasteiger partial charge >= 0.3 is 0 Å². The standard InChI is InChI=1S/C27H52O4Si/c1-7-8-9-10-11-12-13-17-20-23(28)25-24(21-29-32(5,6)27(2,3)4)30-26(31-25)22-18-15-14-16-19-22/h23-25,28H,7-21H2,1-6H3/t23-,24-,25+/m0/s1. The first-order valence-corrected chi connectivity index (χ1v) is 16.4. The third-order valence-electron chi connectivity index (χ3n) is 7.76. The van der Waals surface area contributed by atoms with E-state index < -0.39 is 14.4 Å². The van der Waals surface area contributed by atoms with E-state index in [1.807, 2.05) is 0 Å². The fourth-order valence-corrected chi connectivity index (χ4v) is 5.41. The lowest BCUT2D eigenvalue weighted by molar-refractivity contribution is -0.00706. The van der Waals surface area contributed by atoms with Crippen LogP contribution < -0.4 is 0 Å². The Morgan fingerprint density at radius 2 is 1.53 bits per heavy atom. The van der Waals surface area contributed by atoms with E-state index in [4.69, 9.17) is 13.9 Å². The number of rotatable bonds is 13. The molecule has 1 saturated carbocycles. The van der Waals surface area contributed by atoms with Crippen molar-refractivity contribution in [2.45, 2.75) is 154 Å². The number of unbranched alkanes of at least 4 members (excludes halogenated alkanes) is 7. The fourth-order valence-electron chi connectivity index (χ4n) is 4.39. The van der Waals surface area contributed by atoms with Crippen LogP contribution in [-0.4, -0.2) is 38.3 Å². The van der Waals surface area contributed by atoms with Crippen LogP contribution in [0.5, 0.6) is 0 Å². The quantitative estimate of drug-likeness (QED) is 0.221. The molecule has 3 atom stereocenters. The van der Waals surface area contributed by atoms with Gasteiger partial charge in [-0.2, -0.15) is 0 Å². The van der Waals surface area contributed by atoms with Gasteiger partial charge in [-0.1, -0.05) is 85.5 Å². The third-order valence-corrected chi connectivity index (χ3v) is 12.3. The van der Waals surface area contributed by atoms with Crippen LogP contribution in [0.25, 0.3) is 0 Å². The average molecular weight is 469 g/mol. The van der Waals surface area contributed by atoms with Gasteiger partial charge in [-0.15, -0.1) is 0 Å². The van der Waals surface area contributed by atoms with Crippen molar-refractivity contribution in [2.75, 3.05) is 6.61 Å². The predicted octanol–water partition coefficient (Wildman–Crippen LogP) is 7.86. The molecule has 1 heterocycles. The predicted molar refractivity (Wildman–Crippen MR) is 136 cm³/mol. The first-order chi connectivity index (χ1) is 15.2. The highest BCUT2D eigenvalue weighted by molar-refractivity contribution is 6.74. The van der Waals surface area contributed by atoms with Crippen molar-refractivity contribution in [2.24, 2.45) is 0 Å². The normalized spacial score (nSPS) is 23.2. The number of hydrogen-bond acceptors (Lipinski definition) is 4. The van der Waals surface area contributed by atoms with Crippen LogP contribution in [0.1, 0.15) is 118 Å². The van der Waals surface area contributed by atoms with E-state index in [2.05, 4.69) is 40.8 Å². The number of allylic oxidation sites excluding steroid dienone is 1. The first-order valence-electron chi connectivity index (χ1n) is 13.5. The second kappa shape index (κ2) is 13.4. The number of aliphatic hydroxyl groups excluding tert-OH is 1. The van der Waals surface area contributed by atoms with Gasteiger partial charge in [0.25, 0.3) is 5.95 Å². The first kappa shape index (κ1) is 27.7. The Balaban J connectivity index is 1.90. The number of hydrogen-bond donors (Lipinski definition) is 1. The maximum absolute atomic E-state index is 11.0. The van der Waals surface area contributed by atoms with E-state index in [-0.39, 0.29) is 17.2 Å². The zero-order valence-electron chi connectivity index (χ0n) is 22.0. The van der Waals surface area contributed by atoms with Crippen LogP contribution in [0.3, 0.4) is 0 Å². The molecule has 1 N–H and O–H groups in total. The largest absolute Gasteiger partial charge is 0.456 e. The number of ether oxygens (including phenoxy) is 2. The second-order valence-electron chi connectivity index (χ2n) is 11.6. The zero-order chi connectivity index (χ0) is 23.6. The Labute approximate surface area is 199 Å². The lowest BCUT2D eigenvalue weighted by Gasteiger charge is -2.37. The molecule has 2 rings (SSSR count). The maximum atomic E-state index is 11.0. The van der Waals surface area contributed by atoms with Crippen LogP contribution in [0.4, 0.5) is 0 Å². The van der Waals surface area contributed by atoms with Gasteiger partial charge in [0.15, 0.2) is 20.5 Å². The molecule has 0 spiro atoms. The molecule has 0 aromatic rings. The van der Waals surface area contributed by atoms with Crippen molar-refractivity contribution in [3.05, 3.63) is 11.5 Å². The molecule has 0 aromatic heterocycles. The summed E-state index contributed by atoms with van der Waals surface area (Å²) in [5.74, 6) is 0.702. The van der Waals surface area contributed by atoms with Crippen LogP contribution >= 0.6 is 0 Å². The molecule has 5 heteroatoms. The van der Waals surface area contributed by atoms with Crippen molar-refractivity contribution in [3.63, 3.8) is 0 Å². The van der Waals surface area contributed by atoms with Gasteiger partial charge in [-0.3, -0.25) is 0 Å². The van der Waals surface area contributed by atoms with Crippen molar-refractivity contribution in [3.8, 4) is 0 Å². The molecule has 4 nitrogen and oxygen atoms in total. The summed E-state index contributed by atoms with van der Waals surface area (Å²) in [6.45, 7) is 14.1. The van der Waals surface area contributed by atoms with Crippen LogP contribution in [0.2, 0.25) is 18.1 Å². The van der Waals surface area contributed by atoms with Gasteiger partial charge in [0.05, 0.1) is 12.7 Å². The summed E-state index contributed by atoms with van der Waals surface area (Å²) < 4.78 is 19.1. The Bertz CT molecular complexity index is 558. The highest BCUT2D eigenvalue weighted by Gasteiger charge is 2.43. The Morgan fingerprint density at radius 1 is 0.938 bits per heavy atom. The summed E-state index contributed by atoms with van der Waals surface area (Å²) in [4.78, 5) is 0. The van der Waals surface area contributed by atoms with Crippen molar-refractivity contribution >= 4 is 8.32 Å². The maximum Gasteiger partial charge on any atom is 0.279 e. The van der Waals surface area contributed by atoms with Crippen molar-refractivity contribution < 1.29 is 19.0 Å². The third kappa shape index (κ3) is 8.68. The minimum Gasteiger partial charge on any atom is -0.456 e. The summed E-state index contributed by atoms with van der Waals surface area (Å²) in [7, 11) is -1.88. The molecule has 0 bridgehead atoms. The summed E-state index contributed by atoms with van der Waals surface area (Å²) in [5.41, 5.74) is 1.30. The molecule has 2 fully saturated rings. The highest BCUT2D eigenvalue weighted by atomic mass is 28.4. The SMILES string of the molecule is CCCCCCCCCC[C@H](O)[C@H]1OC(=C2CCCCC2)O[C@H]1CO[Si](C)(C)C(C)(C)C. The molecule has 1 aliphatic heterocycles. The lowest BCUT2D eigenvalue weighted by atomic mass is 9.96.